The van der Waals surface area contributed by atoms with Crippen LogP contribution in [0.3, 0.4) is 0 Å². The molecule has 1 aliphatic carbocycles. The van der Waals surface area contributed by atoms with Crippen molar-refractivity contribution in [2.24, 2.45) is 0 Å². The van der Waals surface area contributed by atoms with E-state index in [1.165, 1.54) is 18.9 Å². The lowest BCUT2D eigenvalue weighted by Crippen LogP contribution is -2.27. The van der Waals surface area contributed by atoms with Crippen molar-refractivity contribution in [1.29, 1.82) is 0 Å². The van der Waals surface area contributed by atoms with Crippen molar-refractivity contribution < 1.29 is 4.39 Å². The SMILES string of the molecule is CC1(NCc2cc(F)c(Br)cc2Cl)CC1. The Kier molecular flexibility index (Phi) is 3.06. The molecule has 1 N–H and O–H groups in total. The van der Waals surface area contributed by atoms with Gasteiger partial charge in [0.15, 0.2) is 0 Å². The van der Waals surface area contributed by atoms with Gasteiger partial charge in [-0.15, -0.1) is 0 Å². The van der Waals surface area contributed by atoms with Crippen LogP contribution in [0.4, 0.5) is 4.39 Å². The maximum atomic E-state index is 13.3. The van der Waals surface area contributed by atoms with E-state index < -0.39 is 0 Å². The minimum atomic E-state index is -0.267. The average Bonchev–Trinajstić information content (AvgIpc) is 2.89. The highest BCUT2D eigenvalue weighted by Crippen LogP contribution is 2.35. The zero-order valence-electron chi connectivity index (χ0n) is 8.41. The van der Waals surface area contributed by atoms with Crippen molar-refractivity contribution >= 4 is 27.5 Å². The second-order valence-electron chi connectivity index (χ2n) is 4.27. The third-order valence-corrected chi connectivity index (χ3v) is 3.75. The van der Waals surface area contributed by atoms with Crippen LogP contribution in [0.1, 0.15) is 25.3 Å². The van der Waals surface area contributed by atoms with E-state index in [9.17, 15) is 4.39 Å². The molecule has 0 spiro atoms. The van der Waals surface area contributed by atoms with Crippen LogP contribution in [0.2, 0.25) is 5.02 Å². The van der Waals surface area contributed by atoms with E-state index in [0.717, 1.165) is 5.56 Å². The molecule has 1 aromatic rings. The van der Waals surface area contributed by atoms with E-state index in [-0.39, 0.29) is 11.4 Å². The molecule has 0 aliphatic heterocycles. The van der Waals surface area contributed by atoms with Gasteiger partial charge in [0.25, 0.3) is 0 Å². The third-order valence-electron chi connectivity index (χ3n) is 2.79. The maximum absolute atomic E-state index is 13.3. The molecule has 0 aromatic heterocycles. The van der Waals surface area contributed by atoms with Gasteiger partial charge in [-0.3, -0.25) is 0 Å². The summed E-state index contributed by atoms with van der Waals surface area (Å²) in [6.07, 6.45) is 2.37. The molecule has 0 unspecified atom stereocenters. The van der Waals surface area contributed by atoms with E-state index in [1.54, 1.807) is 6.07 Å². The van der Waals surface area contributed by atoms with Gasteiger partial charge in [0, 0.05) is 17.1 Å². The van der Waals surface area contributed by atoms with Gasteiger partial charge in [-0.1, -0.05) is 11.6 Å². The fourth-order valence-electron chi connectivity index (χ4n) is 1.37. The van der Waals surface area contributed by atoms with Crippen LogP contribution in [0.15, 0.2) is 16.6 Å². The molecular formula is C11H12BrClFN. The van der Waals surface area contributed by atoms with E-state index in [1.807, 2.05) is 0 Å². The molecule has 4 heteroatoms. The first kappa shape index (κ1) is 11.4. The Morgan fingerprint density at radius 1 is 1.53 bits per heavy atom. The molecule has 1 aliphatic rings. The van der Waals surface area contributed by atoms with Gasteiger partial charge in [0.1, 0.15) is 5.82 Å². The van der Waals surface area contributed by atoms with E-state index >= 15 is 0 Å². The summed E-state index contributed by atoms with van der Waals surface area (Å²) in [5.41, 5.74) is 1.05. The minimum Gasteiger partial charge on any atom is -0.307 e. The Morgan fingerprint density at radius 2 is 2.20 bits per heavy atom. The van der Waals surface area contributed by atoms with Crippen LogP contribution in [0.5, 0.6) is 0 Å². The first-order valence-electron chi connectivity index (χ1n) is 4.89. The third kappa shape index (κ3) is 2.71. The molecule has 15 heavy (non-hydrogen) atoms. The summed E-state index contributed by atoms with van der Waals surface area (Å²) < 4.78 is 13.7. The highest BCUT2D eigenvalue weighted by atomic mass is 79.9. The Balaban J connectivity index is 2.10. The van der Waals surface area contributed by atoms with Gasteiger partial charge in [-0.2, -0.15) is 0 Å². The summed E-state index contributed by atoms with van der Waals surface area (Å²) in [6, 6.07) is 3.08. The number of hydrogen-bond acceptors (Lipinski definition) is 1. The summed E-state index contributed by atoms with van der Waals surface area (Å²) in [6.45, 7) is 2.79. The molecule has 1 saturated carbocycles. The number of nitrogens with one attached hydrogen (secondary N) is 1. The van der Waals surface area contributed by atoms with Crippen LogP contribution < -0.4 is 5.32 Å². The van der Waals surface area contributed by atoms with Gasteiger partial charge >= 0.3 is 0 Å². The van der Waals surface area contributed by atoms with E-state index in [0.29, 0.717) is 16.0 Å². The molecule has 0 bridgehead atoms. The summed E-state index contributed by atoms with van der Waals surface area (Å²) in [7, 11) is 0. The van der Waals surface area contributed by atoms with Crippen LogP contribution in [0.25, 0.3) is 0 Å². The highest BCUT2D eigenvalue weighted by molar-refractivity contribution is 9.10. The lowest BCUT2D eigenvalue weighted by atomic mass is 10.2. The summed E-state index contributed by atoms with van der Waals surface area (Å²) in [5, 5.41) is 3.97. The molecule has 82 valence electrons. The van der Waals surface area contributed by atoms with Gasteiger partial charge in [0.2, 0.25) is 0 Å². The van der Waals surface area contributed by atoms with Crippen LogP contribution in [-0.2, 0) is 6.54 Å². The fourth-order valence-corrected chi connectivity index (χ4v) is 2.08. The zero-order chi connectivity index (χ0) is 11.1. The van der Waals surface area contributed by atoms with Gasteiger partial charge in [-0.05, 0) is 53.4 Å². The van der Waals surface area contributed by atoms with Crippen molar-refractivity contribution in [2.45, 2.75) is 31.8 Å². The summed E-state index contributed by atoms with van der Waals surface area (Å²) in [5.74, 6) is -0.267. The van der Waals surface area contributed by atoms with Crippen molar-refractivity contribution in [3.8, 4) is 0 Å². The standard InChI is InChI=1S/C11H12BrClFN/c1-11(2-3-11)15-6-7-4-10(14)8(12)5-9(7)13/h4-5,15H,2-3,6H2,1H3. The average molecular weight is 293 g/mol. The van der Waals surface area contributed by atoms with Crippen LogP contribution >= 0.6 is 27.5 Å². The second kappa shape index (κ2) is 4.04. The maximum Gasteiger partial charge on any atom is 0.137 e. The topological polar surface area (TPSA) is 12.0 Å². The molecule has 0 atom stereocenters. The summed E-state index contributed by atoms with van der Waals surface area (Å²) in [4.78, 5) is 0. The van der Waals surface area contributed by atoms with Gasteiger partial charge < -0.3 is 5.32 Å². The normalized spacial score (nSPS) is 17.9. The van der Waals surface area contributed by atoms with Crippen molar-refractivity contribution in [1.82, 2.24) is 5.32 Å². The number of rotatable bonds is 3. The molecule has 0 saturated heterocycles. The molecule has 1 aromatic carbocycles. The van der Waals surface area contributed by atoms with E-state index in [4.69, 9.17) is 11.6 Å². The summed E-state index contributed by atoms with van der Waals surface area (Å²) >= 11 is 9.12. The fraction of sp³-hybridized carbons (Fsp3) is 0.455. The zero-order valence-corrected chi connectivity index (χ0v) is 10.8. The Morgan fingerprint density at radius 3 is 2.80 bits per heavy atom. The molecule has 1 fully saturated rings. The van der Waals surface area contributed by atoms with Gasteiger partial charge in [0.05, 0.1) is 4.47 Å². The van der Waals surface area contributed by atoms with Crippen molar-refractivity contribution in [3.05, 3.63) is 33.0 Å². The Labute approximate surface area is 102 Å². The molecule has 0 radical (unpaired) electrons. The Hall–Kier alpha value is -0.120. The number of benzene rings is 1. The predicted octanol–water partition coefficient (Wildman–Crippen LogP) is 3.88. The van der Waals surface area contributed by atoms with Crippen molar-refractivity contribution in [2.75, 3.05) is 0 Å². The lowest BCUT2D eigenvalue weighted by Gasteiger charge is -2.12. The smallest absolute Gasteiger partial charge is 0.137 e. The van der Waals surface area contributed by atoms with Crippen LogP contribution in [-0.4, -0.2) is 5.54 Å². The monoisotopic (exact) mass is 291 g/mol. The highest BCUT2D eigenvalue weighted by Gasteiger charge is 2.36. The Bertz CT molecular complexity index is 390. The lowest BCUT2D eigenvalue weighted by molar-refractivity contribution is 0.534. The molecule has 0 heterocycles. The van der Waals surface area contributed by atoms with Crippen LogP contribution in [0, 0.1) is 5.82 Å². The van der Waals surface area contributed by atoms with E-state index in [2.05, 4.69) is 28.2 Å². The largest absolute Gasteiger partial charge is 0.307 e. The molecular weight excluding hydrogens is 280 g/mol. The molecule has 1 nitrogen and oxygen atoms in total. The molecule has 2 rings (SSSR count). The number of hydrogen-bond donors (Lipinski definition) is 1. The number of halogens is 3. The van der Waals surface area contributed by atoms with Gasteiger partial charge in [-0.25, -0.2) is 4.39 Å². The first-order valence-corrected chi connectivity index (χ1v) is 6.06. The van der Waals surface area contributed by atoms with Crippen molar-refractivity contribution in [3.63, 3.8) is 0 Å². The second-order valence-corrected chi connectivity index (χ2v) is 5.53. The minimum absolute atomic E-state index is 0.243. The quantitative estimate of drug-likeness (QED) is 0.834. The first-order chi connectivity index (χ1) is 7.00. The molecule has 0 amide bonds. The predicted molar refractivity (Wildman–Crippen MR) is 63.6 cm³/mol.